The zero-order chi connectivity index (χ0) is 19.3. The normalized spacial score (nSPS) is 12.5. The summed E-state index contributed by atoms with van der Waals surface area (Å²) in [6, 6.07) is 13.3. The van der Waals surface area contributed by atoms with Crippen LogP contribution in [0, 0.1) is 11.2 Å². The highest BCUT2D eigenvalue weighted by molar-refractivity contribution is 5.94. The molecule has 1 N–H and O–H groups in total. The zero-order valence-corrected chi connectivity index (χ0v) is 15.7. The second-order valence-corrected chi connectivity index (χ2v) is 7.52. The van der Waals surface area contributed by atoms with Crippen LogP contribution >= 0.6 is 0 Å². The van der Waals surface area contributed by atoms with Crippen LogP contribution in [0.1, 0.15) is 42.8 Å². The molecule has 0 bridgehead atoms. The third kappa shape index (κ3) is 5.30. The first-order valence-corrected chi connectivity index (χ1v) is 8.57. The van der Waals surface area contributed by atoms with Crippen LogP contribution in [0.15, 0.2) is 48.5 Å². The van der Waals surface area contributed by atoms with E-state index < -0.39 is 17.8 Å². The molecule has 4 nitrogen and oxygen atoms in total. The molecule has 0 unspecified atom stereocenters. The average Bonchev–Trinajstić information content (AvgIpc) is 2.60. The molecule has 0 saturated carbocycles. The fraction of sp³-hybridized carbons (Fsp3) is 0.381. The fourth-order valence-electron chi connectivity index (χ4n) is 2.75. The summed E-state index contributed by atoms with van der Waals surface area (Å²) in [7, 11) is 1.44. The first-order chi connectivity index (χ1) is 12.2. The number of hydrogen-bond acceptors (Lipinski definition) is 3. The summed E-state index contributed by atoms with van der Waals surface area (Å²) in [6.45, 7) is 6.46. The Bertz CT molecular complexity index is 741. The number of aliphatic hydroxyl groups is 1. The molecule has 0 aliphatic rings. The molecular weight excluding hydrogens is 333 g/mol. The van der Waals surface area contributed by atoms with Crippen molar-refractivity contribution in [3.05, 3.63) is 65.5 Å². The molecule has 0 aliphatic heterocycles. The van der Waals surface area contributed by atoms with Gasteiger partial charge in [0.25, 0.3) is 5.91 Å². The molecule has 2 aromatic carbocycles. The summed E-state index contributed by atoms with van der Waals surface area (Å²) in [5.41, 5.74) is 0.486. The van der Waals surface area contributed by atoms with Crippen molar-refractivity contribution in [1.82, 2.24) is 4.90 Å². The second kappa shape index (κ2) is 8.32. The summed E-state index contributed by atoms with van der Waals surface area (Å²) in [5, 5.41) is 10.5. The van der Waals surface area contributed by atoms with Crippen molar-refractivity contribution in [1.29, 1.82) is 0 Å². The van der Waals surface area contributed by atoms with Crippen LogP contribution in [0.5, 0.6) is 5.75 Å². The second-order valence-electron chi connectivity index (χ2n) is 7.52. The highest BCUT2D eigenvalue weighted by Crippen LogP contribution is 2.23. The Labute approximate surface area is 154 Å². The van der Waals surface area contributed by atoms with Crippen molar-refractivity contribution >= 4 is 5.91 Å². The third-order valence-electron chi connectivity index (χ3n) is 3.94. The molecule has 2 aromatic rings. The highest BCUT2D eigenvalue weighted by atomic mass is 19.1. The summed E-state index contributed by atoms with van der Waals surface area (Å²) < 4.78 is 19.3. The first kappa shape index (κ1) is 19.9. The summed E-state index contributed by atoms with van der Waals surface area (Å²) in [6.07, 6.45) is -0.844. The van der Waals surface area contributed by atoms with Gasteiger partial charge in [-0.25, -0.2) is 4.39 Å². The van der Waals surface area contributed by atoms with Gasteiger partial charge in [0.1, 0.15) is 11.6 Å². The van der Waals surface area contributed by atoms with E-state index >= 15 is 0 Å². The largest absolute Gasteiger partial charge is 0.497 e. The number of carbonyl (C=O) groups is 1. The van der Waals surface area contributed by atoms with E-state index in [2.05, 4.69) is 0 Å². The van der Waals surface area contributed by atoms with Gasteiger partial charge in [-0.05, 0) is 23.1 Å². The van der Waals surface area contributed by atoms with Gasteiger partial charge in [0.15, 0.2) is 0 Å². The molecule has 0 radical (unpaired) electrons. The molecule has 5 heteroatoms. The van der Waals surface area contributed by atoms with Gasteiger partial charge in [-0.3, -0.25) is 4.79 Å². The van der Waals surface area contributed by atoms with Crippen molar-refractivity contribution in [2.45, 2.75) is 26.9 Å². The smallest absolute Gasteiger partial charge is 0.256 e. The average molecular weight is 359 g/mol. The van der Waals surface area contributed by atoms with Crippen molar-refractivity contribution in [2.75, 3.05) is 20.2 Å². The third-order valence-corrected chi connectivity index (χ3v) is 3.94. The van der Waals surface area contributed by atoms with Crippen LogP contribution in [0.25, 0.3) is 0 Å². The predicted octanol–water partition coefficient (Wildman–Crippen LogP) is 4.06. The van der Waals surface area contributed by atoms with Gasteiger partial charge in [-0.15, -0.1) is 0 Å². The Morgan fingerprint density at radius 2 is 1.85 bits per heavy atom. The van der Waals surface area contributed by atoms with Crippen LogP contribution in [-0.2, 0) is 0 Å². The Kier molecular flexibility index (Phi) is 6.37. The van der Waals surface area contributed by atoms with E-state index in [1.807, 2.05) is 39.0 Å². The fourth-order valence-corrected chi connectivity index (χ4v) is 2.75. The summed E-state index contributed by atoms with van der Waals surface area (Å²) in [4.78, 5) is 14.4. The van der Waals surface area contributed by atoms with E-state index in [4.69, 9.17) is 4.74 Å². The van der Waals surface area contributed by atoms with E-state index in [0.717, 1.165) is 5.56 Å². The van der Waals surface area contributed by atoms with Crippen LogP contribution in [-0.4, -0.2) is 36.1 Å². The zero-order valence-electron chi connectivity index (χ0n) is 15.7. The number of amides is 1. The van der Waals surface area contributed by atoms with Gasteiger partial charge in [-0.2, -0.15) is 0 Å². The molecule has 0 aliphatic carbocycles. The van der Waals surface area contributed by atoms with Crippen LogP contribution in [0.4, 0.5) is 4.39 Å². The molecule has 0 heterocycles. The topological polar surface area (TPSA) is 49.8 Å². The standard InChI is InChI=1S/C21H26FNO3/c1-21(2,3)14-23(13-19(24)15-8-6-5-7-9-15)20(25)17-11-10-16(26-4)12-18(17)22/h5-12,19,24H,13-14H2,1-4H3/t19-/m0/s1. The minimum atomic E-state index is -0.844. The molecule has 0 fully saturated rings. The van der Waals surface area contributed by atoms with Crippen molar-refractivity contribution < 1.29 is 19.0 Å². The highest BCUT2D eigenvalue weighted by Gasteiger charge is 2.26. The van der Waals surface area contributed by atoms with Gasteiger partial charge >= 0.3 is 0 Å². The molecular formula is C21H26FNO3. The number of methoxy groups -OCH3 is 1. The maximum absolute atomic E-state index is 14.4. The Morgan fingerprint density at radius 1 is 1.19 bits per heavy atom. The molecule has 0 spiro atoms. The van der Waals surface area contributed by atoms with Crippen molar-refractivity contribution in [2.24, 2.45) is 5.41 Å². The van der Waals surface area contributed by atoms with E-state index in [1.165, 1.54) is 24.1 Å². The molecule has 1 atom stereocenters. The van der Waals surface area contributed by atoms with E-state index in [-0.39, 0.29) is 17.5 Å². The van der Waals surface area contributed by atoms with E-state index in [0.29, 0.717) is 12.3 Å². The summed E-state index contributed by atoms with van der Waals surface area (Å²) >= 11 is 0. The maximum atomic E-state index is 14.4. The number of hydrogen-bond donors (Lipinski definition) is 1. The predicted molar refractivity (Wildman–Crippen MR) is 99.7 cm³/mol. The lowest BCUT2D eigenvalue weighted by Gasteiger charge is -2.32. The molecule has 0 aromatic heterocycles. The van der Waals surface area contributed by atoms with Crippen LogP contribution in [0.2, 0.25) is 0 Å². The van der Waals surface area contributed by atoms with Gasteiger partial charge in [-0.1, -0.05) is 51.1 Å². The molecule has 1 amide bonds. The minimum Gasteiger partial charge on any atom is -0.497 e. The molecule has 140 valence electrons. The SMILES string of the molecule is COc1ccc(C(=O)N(C[C@H](O)c2ccccc2)CC(C)(C)C)c(F)c1. The number of benzene rings is 2. The number of nitrogens with zero attached hydrogens (tertiary/aromatic N) is 1. The number of carbonyl (C=O) groups excluding carboxylic acids is 1. The van der Waals surface area contributed by atoms with Gasteiger partial charge in [0.2, 0.25) is 0 Å². The number of aliphatic hydroxyl groups excluding tert-OH is 1. The Balaban J connectivity index is 2.27. The number of rotatable bonds is 6. The Hall–Kier alpha value is -2.40. The van der Waals surface area contributed by atoms with Crippen LogP contribution in [0.3, 0.4) is 0 Å². The quantitative estimate of drug-likeness (QED) is 0.846. The van der Waals surface area contributed by atoms with Gasteiger partial charge in [0.05, 0.1) is 25.3 Å². The van der Waals surface area contributed by atoms with E-state index in [1.54, 1.807) is 18.2 Å². The van der Waals surface area contributed by atoms with Crippen molar-refractivity contribution in [3.63, 3.8) is 0 Å². The maximum Gasteiger partial charge on any atom is 0.256 e. The van der Waals surface area contributed by atoms with Gasteiger partial charge in [0, 0.05) is 12.6 Å². The monoisotopic (exact) mass is 359 g/mol. The molecule has 2 rings (SSSR count). The molecule has 0 saturated heterocycles. The summed E-state index contributed by atoms with van der Waals surface area (Å²) in [5.74, 6) is -0.733. The Morgan fingerprint density at radius 3 is 2.38 bits per heavy atom. The van der Waals surface area contributed by atoms with Gasteiger partial charge < -0.3 is 14.7 Å². The lowest BCUT2D eigenvalue weighted by molar-refractivity contribution is 0.0535. The number of ether oxygens (including phenoxy) is 1. The number of halogens is 1. The van der Waals surface area contributed by atoms with Crippen molar-refractivity contribution in [3.8, 4) is 5.75 Å². The first-order valence-electron chi connectivity index (χ1n) is 8.57. The van der Waals surface area contributed by atoms with Crippen LogP contribution < -0.4 is 4.74 Å². The molecule has 26 heavy (non-hydrogen) atoms. The lowest BCUT2D eigenvalue weighted by Crippen LogP contribution is -2.40. The minimum absolute atomic E-state index is 0.0321. The lowest BCUT2D eigenvalue weighted by atomic mass is 9.95. The van der Waals surface area contributed by atoms with E-state index in [9.17, 15) is 14.3 Å².